The molecule has 4 heteroatoms. The minimum Gasteiger partial charge on any atom is -0.385 e. The quantitative estimate of drug-likeness (QED) is 0.654. The summed E-state index contributed by atoms with van der Waals surface area (Å²) in [4.78, 5) is 11.6. The maximum Gasteiger partial charge on any atom is 0.220 e. The molecule has 1 saturated heterocycles. The van der Waals surface area contributed by atoms with Gasteiger partial charge in [0.05, 0.1) is 6.10 Å². The molecule has 0 aromatic rings. The van der Waals surface area contributed by atoms with Gasteiger partial charge >= 0.3 is 0 Å². The monoisotopic (exact) mass is 257 g/mol. The number of carbonyl (C=O) groups excluding carboxylic acids is 1. The maximum absolute atomic E-state index is 11.6. The summed E-state index contributed by atoms with van der Waals surface area (Å²) >= 11 is 0. The van der Waals surface area contributed by atoms with Gasteiger partial charge in [0.2, 0.25) is 5.91 Å². The summed E-state index contributed by atoms with van der Waals surface area (Å²) in [6.45, 7) is 4.91. The highest BCUT2D eigenvalue weighted by molar-refractivity contribution is 5.75. The smallest absolute Gasteiger partial charge is 0.220 e. The zero-order valence-corrected chi connectivity index (χ0v) is 11.7. The van der Waals surface area contributed by atoms with Crippen molar-refractivity contribution in [3.8, 4) is 0 Å². The first-order valence-corrected chi connectivity index (χ1v) is 7.19. The molecule has 4 nitrogen and oxygen atoms in total. The van der Waals surface area contributed by atoms with Gasteiger partial charge in [-0.1, -0.05) is 32.6 Å². The van der Waals surface area contributed by atoms with Gasteiger partial charge < -0.3 is 15.2 Å². The SMILES string of the molecule is CCCCCCCC(=O)NCC1(O)CCOC1C. The van der Waals surface area contributed by atoms with E-state index in [4.69, 9.17) is 4.74 Å². The number of ether oxygens (including phenoxy) is 1. The summed E-state index contributed by atoms with van der Waals surface area (Å²) in [5.41, 5.74) is -0.877. The Morgan fingerprint density at radius 1 is 1.39 bits per heavy atom. The minimum absolute atomic E-state index is 0.0408. The third-order valence-electron chi connectivity index (χ3n) is 3.76. The van der Waals surface area contributed by atoms with Crippen molar-refractivity contribution >= 4 is 5.91 Å². The van der Waals surface area contributed by atoms with Gasteiger partial charge in [-0.05, 0) is 13.3 Å². The standard InChI is InChI=1S/C14H27NO3/c1-3-4-5-6-7-8-13(16)15-11-14(17)9-10-18-12(14)2/h12,17H,3-11H2,1-2H3,(H,15,16). The Balaban J connectivity index is 2.09. The Kier molecular flexibility index (Phi) is 6.65. The van der Waals surface area contributed by atoms with Crippen LogP contribution in [0.15, 0.2) is 0 Å². The molecule has 1 fully saturated rings. The molecular formula is C14H27NO3. The Morgan fingerprint density at radius 3 is 2.72 bits per heavy atom. The number of hydrogen-bond acceptors (Lipinski definition) is 3. The Hall–Kier alpha value is -0.610. The van der Waals surface area contributed by atoms with Crippen LogP contribution in [-0.2, 0) is 9.53 Å². The van der Waals surface area contributed by atoms with Crippen molar-refractivity contribution in [2.24, 2.45) is 0 Å². The molecule has 1 aliphatic rings. The molecule has 0 aliphatic carbocycles. The van der Waals surface area contributed by atoms with Crippen molar-refractivity contribution in [1.82, 2.24) is 5.32 Å². The van der Waals surface area contributed by atoms with Crippen LogP contribution in [0.3, 0.4) is 0 Å². The van der Waals surface area contributed by atoms with E-state index in [2.05, 4.69) is 12.2 Å². The predicted molar refractivity (Wildman–Crippen MR) is 71.4 cm³/mol. The van der Waals surface area contributed by atoms with Crippen LogP contribution in [0.2, 0.25) is 0 Å². The van der Waals surface area contributed by atoms with Crippen LogP contribution in [0.5, 0.6) is 0 Å². The molecule has 0 bridgehead atoms. The highest BCUT2D eigenvalue weighted by Gasteiger charge is 2.39. The van der Waals surface area contributed by atoms with Crippen LogP contribution in [0.1, 0.15) is 58.8 Å². The molecule has 2 atom stereocenters. The second kappa shape index (κ2) is 7.74. The molecule has 0 aromatic heterocycles. The van der Waals surface area contributed by atoms with Gasteiger partial charge in [0.25, 0.3) is 0 Å². The molecule has 0 saturated carbocycles. The Labute approximate surface area is 110 Å². The van der Waals surface area contributed by atoms with Crippen LogP contribution in [0.25, 0.3) is 0 Å². The number of unbranched alkanes of at least 4 members (excludes halogenated alkanes) is 4. The summed E-state index contributed by atoms with van der Waals surface area (Å²) in [7, 11) is 0. The van der Waals surface area contributed by atoms with Gasteiger partial charge in [0, 0.05) is 26.0 Å². The summed E-state index contributed by atoms with van der Waals surface area (Å²) in [6.07, 6.45) is 6.70. The highest BCUT2D eigenvalue weighted by Crippen LogP contribution is 2.24. The van der Waals surface area contributed by atoms with E-state index in [0.717, 1.165) is 12.8 Å². The third kappa shape index (κ3) is 4.94. The average Bonchev–Trinajstić information content (AvgIpc) is 2.68. The molecule has 0 spiro atoms. The maximum atomic E-state index is 11.6. The molecule has 2 unspecified atom stereocenters. The first-order chi connectivity index (χ1) is 8.58. The third-order valence-corrected chi connectivity index (χ3v) is 3.76. The van der Waals surface area contributed by atoms with Crippen molar-refractivity contribution in [1.29, 1.82) is 0 Å². The molecule has 1 heterocycles. The fourth-order valence-corrected chi connectivity index (χ4v) is 2.23. The second-order valence-electron chi connectivity index (χ2n) is 5.31. The number of hydrogen-bond donors (Lipinski definition) is 2. The average molecular weight is 257 g/mol. The van der Waals surface area contributed by atoms with Gasteiger partial charge in [-0.3, -0.25) is 4.79 Å². The van der Waals surface area contributed by atoms with Gasteiger partial charge in [-0.2, -0.15) is 0 Å². The van der Waals surface area contributed by atoms with Gasteiger partial charge in [-0.25, -0.2) is 0 Å². The zero-order valence-electron chi connectivity index (χ0n) is 11.7. The van der Waals surface area contributed by atoms with Crippen LogP contribution in [-0.4, -0.2) is 35.9 Å². The lowest BCUT2D eigenvalue weighted by atomic mass is 9.96. The molecule has 0 radical (unpaired) electrons. The van der Waals surface area contributed by atoms with E-state index in [0.29, 0.717) is 26.0 Å². The number of nitrogens with one attached hydrogen (secondary N) is 1. The lowest BCUT2D eigenvalue weighted by Crippen LogP contribution is -2.47. The van der Waals surface area contributed by atoms with Gasteiger partial charge in [0.1, 0.15) is 5.60 Å². The van der Waals surface area contributed by atoms with Crippen molar-refractivity contribution in [3.05, 3.63) is 0 Å². The summed E-state index contributed by atoms with van der Waals surface area (Å²) in [5, 5.41) is 13.0. The van der Waals surface area contributed by atoms with Crippen molar-refractivity contribution in [3.63, 3.8) is 0 Å². The molecule has 0 aromatic carbocycles. The van der Waals surface area contributed by atoms with E-state index in [-0.39, 0.29) is 12.0 Å². The lowest BCUT2D eigenvalue weighted by molar-refractivity contribution is -0.123. The molecule has 2 N–H and O–H groups in total. The van der Waals surface area contributed by atoms with Crippen LogP contribution >= 0.6 is 0 Å². The number of amides is 1. The molecule has 1 rings (SSSR count). The molecule has 1 aliphatic heterocycles. The van der Waals surface area contributed by atoms with Gasteiger partial charge in [0.15, 0.2) is 0 Å². The summed E-state index contributed by atoms with van der Waals surface area (Å²) in [5.74, 6) is 0.0408. The lowest BCUT2D eigenvalue weighted by Gasteiger charge is -2.26. The first-order valence-electron chi connectivity index (χ1n) is 7.19. The van der Waals surface area contributed by atoms with Gasteiger partial charge in [-0.15, -0.1) is 0 Å². The van der Waals surface area contributed by atoms with Crippen LogP contribution < -0.4 is 5.32 Å². The van der Waals surface area contributed by atoms with E-state index < -0.39 is 5.60 Å². The van der Waals surface area contributed by atoms with E-state index in [1.165, 1.54) is 19.3 Å². The van der Waals surface area contributed by atoms with E-state index in [1.807, 2.05) is 6.92 Å². The Morgan fingerprint density at radius 2 is 2.11 bits per heavy atom. The van der Waals surface area contributed by atoms with E-state index >= 15 is 0 Å². The molecule has 1 amide bonds. The summed E-state index contributed by atoms with van der Waals surface area (Å²) in [6, 6.07) is 0. The number of carbonyl (C=O) groups is 1. The fraction of sp³-hybridized carbons (Fsp3) is 0.929. The normalized spacial score (nSPS) is 27.4. The first kappa shape index (κ1) is 15.4. The zero-order chi connectivity index (χ0) is 13.4. The van der Waals surface area contributed by atoms with Crippen LogP contribution in [0.4, 0.5) is 0 Å². The topological polar surface area (TPSA) is 58.6 Å². The number of aliphatic hydroxyl groups is 1. The predicted octanol–water partition coefficient (Wildman–Crippen LogP) is 2.00. The highest BCUT2D eigenvalue weighted by atomic mass is 16.5. The Bertz CT molecular complexity index is 257. The van der Waals surface area contributed by atoms with Crippen molar-refractivity contribution in [2.75, 3.05) is 13.2 Å². The van der Waals surface area contributed by atoms with Crippen molar-refractivity contribution < 1.29 is 14.6 Å². The molecular weight excluding hydrogens is 230 g/mol. The second-order valence-corrected chi connectivity index (χ2v) is 5.31. The molecule has 106 valence electrons. The fourth-order valence-electron chi connectivity index (χ4n) is 2.23. The van der Waals surface area contributed by atoms with E-state index in [1.54, 1.807) is 0 Å². The molecule has 18 heavy (non-hydrogen) atoms. The summed E-state index contributed by atoms with van der Waals surface area (Å²) < 4.78 is 5.32. The van der Waals surface area contributed by atoms with E-state index in [9.17, 15) is 9.90 Å². The van der Waals surface area contributed by atoms with Crippen molar-refractivity contribution in [2.45, 2.75) is 70.5 Å². The number of rotatable bonds is 8. The minimum atomic E-state index is -0.877. The largest absolute Gasteiger partial charge is 0.385 e. The van der Waals surface area contributed by atoms with Crippen LogP contribution in [0, 0.1) is 0 Å².